The average molecular weight is 306 g/mol. The zero-order chi connectivity index (χ0) is 15.9. The number of nitro benzene ring substituents is 1. The molecule has 2 aliphatic heterocycles. The van der Waals surface area contributed by atoms with Crippen LogP contribution in [0.3, 0.4) is 0 Å². The lowest BCUT2D eigenvalue weighted by Crippen LogP contribution is -2.54. The van der Waals surface area contributed by atoms with Crippen LogP contribution in [-0.4, -0.2) is 39.7 Å². The second-order valence-corrected chi connectivity index (χ2v) is 6.67. The van der Waals surface area contributed by atoms with Gasteiger partial charge in [0.05, 0.1) is 11.0 Å². The molecule has 0 spiro atoms. The van der Waals surface area contributed by atoms with Gasteiger partial charge in [0.2, 0.25) is 0 Å². The molecule has 0 aromatic heterocycles. The van der Waals surface area contributed by atoms with Crippen molar-refractivity contribution in [3.8, 4) is 5.75 Å². The van der Waals surface area contributed by atoms with Crippen molar-refractivity contribution >= 4 is 5.69 Å². The maximum absolute atomic E-state index is 11.1. The van der Waals surface area contributed by atoms with Gasteiger partial charge in [-0.3, -0.25) is 15.0 Å². The number of hydrogen-bond donors (Lipinski definition) is 1. The lowest BCUT2D eigenvalue weighted by atomic mass is 9.84. The Morgan fingerprint density at radius 3 is 2.64 bits per heavy atom. The second-order valence-electron chi connectivity index (χ2n) is 6.67. The van der Waals surface area contributed by atoms with E-state index in [-0.39, 0.29) is 11.7 Å². The molecule has 6 nitrogen and oxygen atoms in total. The summed E-state index contributed by atoms with van der Waals surface area (Å²) in [5, 5.41) is 21.9. The molecule has 3 rings (SSSR count). The van der Waals surface area contributed by atoms with E-state index in [4.69, 9.17) is 4.74 Å². The lowest BCUT2D eigenvalue weighted by molar-refractivity contribution is -0.385. The largest absolute Gasteiger partial charge is 0.485 e. The molecule has 6 heteroatoms. The number of likely N-dealkylation sites (tertiary alicyclic amines) is 1. The van der Waals surface area contributed by atoms with Crippen LogP contribution in [0, 0.1) is 10.1 Å². The molecule has 1 saturated heterocycles. The highest BCUT2D eigenvalue weighted by molar-refractivity contribution is 5.48. The number of aliphatic hydroxyl groups is 1. The zero-order valence-electron chi connectivity index (χ0n) is 13.0. The average Bonchev–Trinajstić information content (AvgIpc) is 2.48. The molecule has 2 aliphatic rings. The quantitative estimate of drug-likeness (QED) is 0.671. The monoisotopic (exact) mass is 306 g/mol. The Hall–Kier alpha value is -1.66. The summed E-state index contributed by atoms with van der Waals surface area (Å²) in [6.45, 7) is 5.53. The number of nitro groups is 1. The molecule has 0 radical (unpaired) electrons. The van der Waals surface area contributed by atoms with Gasteiger partial charge < -0.3 is 9.84 Å². The highest BCUT2D eigenvalue weighted by atomic mass is 16.6. The van der Waals surface area contributed by atoms with Crippen molar-refractivity contribution < 1.29 is 14.8 Å². The van der Waals surface area contributed by atoms with Crippen LogP contribution >= 0.6 is 0 Å². The first kappa shape index (κ1) is 15.2. The van der Waals surface area contributed by atoms with Crippen molar-refractivity contribution in [2.75, 3.05) is 13.1 Å². The fourth-order valence-electron chi connectivity index (χ4n) is 3.46. The number of aliphatic hydroxyl groups excluding tert-OH is 1. The van der Waals surface area contributed by atoms with Gasteiger partial charge >= 0.3 is 0 Å². The third-order valence-corrected chi connectivity index (χ3v) is 4.69. The van der Waals surface area contributed by atoms with Crippen LogP contribution in [0.25, 0.3) is 0 Å². The van der Waals surface area contributed by atoms with Crippen LogP contribution in [-0.2, 0) is 0 Å². The van der Waals surface area contributed by atoms with Gasteiger partial charge in [-0.05, 0) is 45.8 Å². The van der Waals surface area contributed by atoms with Crippen molar-refractivity contribution in [1.82, 2.24) is 4.90 Å². The fraction of sp³-hybridized carbons (Fsp3) is 0.625. The third kappa shape index (κ3) is 2.57. The Labute approximate surface area is 129 Å². The van der Waals surface area contributed by atoms with E-state index in [1.807, 2.05) is 13.8 Å². The number of non-ortho nitro benzene ring substituents is 1. The summed E-state index contributed by atoms with van der Waals surface area (Å²) in [6, 6.07) is 4.41. The minimum atomic E-state index is -0.722. The Balaban J connectivity index is 2.06. The molecule has 0 aliphatic carbocycles. The second kappa shape index (κ2) is 5.52. The molecule has 0 saturated carbocycles. The van der Waals surface area contributed by atoms with Crippen molar-refractivity contribution in [1.29, 1.82) is 0 Å². The summed E-state index contributed by atoms with van der Waals surface area (Å²) >= 11 is 0. The highest BCUT2D eigenvalue weighted by Crippen LogP contribution is 2.44. The molecular formula is C16H22N2O4. The number of nitrogens with zero attached hydrogens (tertiary/aromatic N) is 2. The van der Waals surface area contributed by atoms with Gasteiger partial charge in [-0.1, -0.05) is 6.42 Å². The first-order chi connectivity index (χ1) is 10.4. The third-order valence-electron chi connectivity index (χ3n) is 4.69. The van der Waals surface area contributed by atoms with Gasteiger partial charge in [-0.2, -0.15) is 0 Å². The van der Waals surface area contributed by atoms with Crippen molar-refractivity contribution in [3.63, 3.8) is 0 Å². The molecule has 120 valence electrons. The van der Waals surface area contributed by atoms with Crippen molar-refractivity contribution in [2.24, 2.45) is 0 Å². The minimum Gasteiger partial charge on any atom is -0.485 e. The van der Waals surface area contributed by atoms with Crippen LogP contribution < -0.4 is 4.74 Å². The van der Waals surface area contributed by atoms with Crippen LogP contribution in [0.1, 0.15) is 44.7 Å². The molecule has 0 bridgehead atoms. The molecule has 0 unspecified atom stereocenters. The minimum absolute atomic E-state index is 0.0382. The van der Waals surface area contributed by atoms with Gasteiger partial charge in [0.1, 0.15) is 17.5 Å². The Bertz CT molecular complexity index is 582. The zero-order valence-corrected chi connectivity index (χ0v) is 13.0. The molecule has 2 heterocycles. The molecule has 1 N–H and O–H groups in total. The first-order valence-electron chi connectivity index (χ1n) is 7.79. The molecule has 22 heavy (non-hydrogen) atoms. The number of ether oxygens (including phenoxy) is 1. The van der Waals surface area contributed by atoms with E-state index >= 15 is 0 Å². The summed E-state index contributed by atoms with van der Waals surface area (Å²) in [7, 11) is 0. The van der Waals surface area contributed by atoms with E-state index in [2.05, 4.69) is 4.90 Å². The van der Waals surface area contributed by atoms with Gasteiger partial charge in [0.15, 0.2) is 0 Å². The topological polar surface area (TPSA) is 75.8 Å². The van der Waals surface area contributed by atoms with E-state index in [0.29, 0.717) is 5.75 Å². The summed E-state index contributed by atoms with van der Waals surface area (Å²) < 4.78 is 5.89. The van der Waals surface area contributed by atoms with Gasteiger partial charge in [0.25, 0.3) is 5.69 Å². The summed E-state index contributed by atoms with van der Waals surface area (Å²) in [5.41, 5.74) is 0.0461. The molecule has 0 amide bonds. The standard InChI is InChI=1S/C16H22N2O4/c1-16(2)15(19)14(17-8-4-3-5-9-17)12-10-11(18(20)21)6-7-13(12)22-16/h6-7,10,14-15,19H,3-5,8-9H2,1-2H3/t14-,15+/m0/s1. The number of hydrogen-bond acceptors (Lipinski definition) is 5. The molecule has 2 atom stereocenters. The predicted molar refractivity (Wildman–Crippen MR) is 82.0 cm³/mol. The molecular weight excluding hydrogens is 284 g/mol. The summed E-state index contributed by atoms with van der Waals surface area (Å²) in [6.07, 6.45) is 2.66. The predicted octanol–water partition coefficient (Wildman–Crippen LogP) is 2.65. The van der Waals surface area contributed by atoms with E-state index in [1.165, 1.54) is 12.5 Å². The number of benzene rings is 1. The van der Waals surface area contributed by atoms with Gasteiger partial charge in [-0.25, -0.2) is 0 Å². The summed E-state index contributed by atoms with van der Waals surface area (Å²) in [4.78, 5) is 12.9. The Morgan fingerprint density at radius 1 is 1.32 bits per heavy atom. The number of rotatable bonds is 2. The molecule has 1 aromatic carbocycles. The summed E-state index contributed by atoms with van der Waals surface area (Å²) in [5.74, 6) is 0.636. The number of fused-ring (bicyclic) bond motifs is 1. The Morgan fingerprint density at radius 2 is 2.00 bits per heavy atom. The first-order valence-corrected chi connectivity index (χ1v) is 7.79. The van der Waals surface area contributed by atoms with Crippen LogP contribution in [0.4, 0.5) is 5.69 Å². The molecule has 1 aromatic rings. The van der Waals surface area contributed by atoms with E-state index < -0.39 is 16.6 Å². The van der Waals surface area contributed by atoms with E-state index in [0.717, 1.165) is 31.5 Å². The van der Waals surface area contributed by atoms with Crippen molar-refractivity contribution in [3.05, 3.63) is 33.9 Å². The normalized spacial score (nSPS) is 27.8. The van der Waals surface area contributed by atoms with E-state index in [1.54, 1.807) is 12.1 Å². The van der Waals surface area contributed by atoms with Gasteiger partial charge in [0, 0.05) is 17.7 Å². The van der Waals surface area contributed by atoms with Crippen LogP contribution in [0.5, 0.6) is 5.75 Å². The lowest BCUT2D eigenvalue weighted by Gasteiger charge is -2.47. The van der Waals surface area contributed by atoms with Crippen molar-refractivity contribution in [2.45, 2.75) is 50.9 Å². The Kier molecular flexibility index (Phi) is 3.82. The number of piperidine rings is 1. The van der Waals surface area contributed by atoms with E-state index in [9.17, 15) is 15.2 Å². The maximum atomic E-state index is 11.1. The van der Waals surface area contributed by atoms with Crippen LogP contribution in [0.15, 0.2) is 18.2 Å². The highest BCUT2D eigenvalue weighted by Gasteiger charge is 2.46. The fourth-order valence-corrected chi connectivity index (χ4v) is 3.46. The van der Waals surface area contributed by atoms with Gasteiger partial charge in [-0.15, -0.1) is 0 Å². The SMILES string of the molecule is CC1(C)Oc2ccc([N+](=O)[O-])cc2[C@H](N2CCCCC2)[C@H]1O. The molecule has 1 fully saturated rings. The smallest absolute Gasteiger partial charge is 0.270 e. The van der Waals surface area contributed by atoms with Crippen LogP contribution in [0.2, 0.25) is 0 Å². The maximum Gasteiger partial charge on any atom is 0.270 e.